The molecule has 0 aliphatic carbocycles. The normalized spacial score (nSPS) is 10.2. The van der Waals surface area contributed by atoms with Crippen molar-refractivity contribution in [2.24, 2.45) is 0 Å². The summed E-state index contributed by atoms with van der Waals surface area (Å²) in [5.41, 5.74) is 3.50. The van der Waals surface area contributed by atoms with Crippen LogP contribution in [0.3, 0.4) is 0 Å². The first-order valence-electron chi connectivity index (χ1n) is 7.99. The Balaban J connectivity index is 1.99. The van der Waals surface area contributed by atoms with Gasteiger partial charge in [-0.05, 0) is 48.2 Å². The fourth-order valence-corrected chi connectivity index (χ4v) is 2.41. The molecule has 2 rings (SSSR count). The van der Waals surface area contributed by atoms with Crippen molar-refractivity contribution in [2.75, 3.05) is 11.9 Å². The van der Waals surface area contributed by atoms with Crippen LogP contribution in [0.1, 0.15) is 46.8 Å². The van der Waals surface area contributed by atoms with Gasteiger partial charge in [-0.2, -0.15) is 5.26 Å². The summed E-state index contributed by atoms with van der Waals surface area (Å²) in [6, 6.07) is 13.9. The van der Waals surface area contributed by atoms with E-state index < -0.39 is 11.9 Å². The zero-order chi connectivity index (χ0) is 18.4. The molecular weight excluding hydrogens is 316 g/mol. The number of carbonyl (C=O) groups is 2. The number of para-hydroxylation sites is 1. The summed E-state index contributed by atoms with van der Waals surface area (Å²) < 4.78 is 5.04. The zero-order valence-electron chi connectivity index (χ0n) is 14.5. The number of nitrogens with one attached hydrogen (secondary N) is 1. The number of hydrogen-bond donors (Lipinski definition) is 1. The van der Waals surface area contributed by atoms with E-state index in [0.717, 1.165) is 16.8 Å². The van der Waals surface area contributed by atoms with Crippen LogP contribution in [-0.2, 0) is 9.53 Å². The molecule has 1 N–H and O–H groups in total. The van der Waals surface area contributed by atoms with Crippen molar-refractivity contribution >= 4 is 17.6 Å². The third-order valence-corrected chi connectivity index (χ3v) is 3.78. The van der Waals surface area contributed by atoms with Crippen LogP contribution in [0.5, 0.6) is 0 Å². The van der Waals surface area contributed by atoms with E-state index in [1.807, 2.05) is 31.2 Å². The monoisotopic (exact) mass is 336 g/mol. The smallest absolute Gasteiger partial charge is 0.338 e. The number of nitriles is 1. The number of ether oxygens (including phenoxy) is 1. The summed E-state index contributed by atoms with van der Waals surface area (Å²) in [6.07, 6.45) is 0. The Morgan fingerprint density at radius 1 is 1.16 bits per heavy atom. The number of amides is 1. The van der Waals surface area contributed by atoms with E-state index in [-0.39, 0.29) is 12.5 Å². The van der Waals surface area contributed by atoms with Crippen LogP contribution >= 0.6 is 0 Å². The number of nitrogens with zero attached hydrogens (tertiary/aromatic N) is 1. The minimum Gasteiger partial charge on any atom is -0.452 e. The Morgan fingerprint density at radius 3 is 2.44 bits per heavy atom. The first kappa shape index (κ1) is 18.2. The first-order chi connectivity index (χ1) is 11.9. The van der Waals surface area contributed by atoms with Gasteiger partial charge in [-0.15, -0.1) is 0 Å². The highest BCUT2D eigenvalue weighted by molar-refractivity contribution is 5.96. The van der Waals surface area contributed by atoms with Crippen molar-refractivity contribution in [3.05, 3.63) is 64.7 Å². The lowest BCUT2D eigenvalue weighted by molar-refractivity contribution is -0.119. The highest BCUT2D eigenvalue weighted by Gasteiger charge is 2.14. The molecule has 0 aliphatic rings. The van der Waals surface area contributed by atoms with Crippen LogP contribution in [0, 0.1) is 18.3 Å². The van der Waals surface area contributed by atoms with Crippen LogP contribution in [0.4, 0.5) is 5.69 Å². The van der Waals surface area contributed by atoms with Crippen LogP contribution in [0.2, 0.25) is 0 Å². The third kappa shape index (κ3) is 4.67. The molecule has 2 aromatic carbocycles. The highest BCUT2D eigenvalue weighted by Crippen LogP contribution is 2.27. The van der Waals surface area contributed by atoms with Gasteiger partial charge in [0, 0.05) is 5.69 Å². The average molecular weight is 336 g/mol. The van der Waals surface area contributed by atoms with Gasteiger partial charge in [-0.25, -0.2) is 4.79 Å². The van der Waals surface area contributed by atoms with Gasteiger partial charge in [-0.1, -0.05) is 32.0 Å². The lowest BCUT2D eigenvalue weighted by Crippen LogP contribution is -2.22. The van der Waals surface area contributed by atoms with Crippen LogP contribution in [-0.4, -0.2) is 18.5 Å². The SMILES string of the molecule is Cc1cccc(C(C)C)c1NC(=O)COC(=O)c1ccc(C#N)cc1. The summed E-state index contributed by atoms with van der Waals surface area (Å²) in [7, 11) is 0. The molecule has 0 aromatic heterocycles. The molecule has 5 nitrogen and oxygen atoms in total. The second-order valence-corrected chi connectivity index (χ2v) is 6.01. The number of benzene rings is 2. The van der Waals surface area contributed by atoms with E-state index in [1.165, 1.54) is 24.3 Å². The van der Waals surface area contributed by atoms with Crippen LogP contribution in [0.15, 0.2) is 42.5 Å². The van der Waals surface area contributed by atoms with Crippen molar-refractivity contribution in [1.82, 2.24) is 0 Å². The second-order valence-electron chi connectivity index (χ2n) is 6.01. The molecule has 0 unspecified atom stereocenters. The summed E-state index contributed by atoms with van der Waals surface area (Å²) in [5.74, 6) is -0.733. The largest absolute Gasteiger partial charge is 0.452 e. The Hall–Kier alpha value is -3.13. The van der Waals surface area contributed by atoms with Gasteiger partial charge in [0.25, 0.3) is 5.91 Å². The molecule has 5 heteroatoms. The molecule has 128 valence electrons. The Morgan fingerprint density at radius 2 is 1.84 bits per heavy atom. The molecule has 0 spiro atoms. The van der Waals surface area contributed by atoms with Gasteiger partial charge >= 0.3 is 5.97 Å². The Kier molecular flexibility index (Phi) is 5.91. The fraction of sp³-hybridized carbons (Fsp3) is 0.250. The highest BCUT2D eigenvalue weighted by atomic mass is 16.5. The minimum absolute atomic E-state index is 0.261. The van der Waals surface area contributed by atoms with Gasteiger partial charge < -0.3 is 10.1 Å². The number of rotatable bonds is 5. The van der Waals surface area contributed by atoms with Gasteiger partial charge in [0.15, 0.2) is 6.61 Å². The minimum atomic E-state index is -0.603. The standard InChI is InChI=1S/C20H20N2O3/c1-13(2)17-6-4-5-14(3)19(17)22-18(23)12-25-20(24)16-9-7-15(11-21)8-10-16/h4-10,13H,12H2,1-3H3,(H,22,23). The maximum Gasteiger partial charge on any atom is 0.338 e. The van der Waals surface area contributed by atoms with Gasteiger partial charge in [0.2, 0.25) is 0 Å². The number of anilines is 1. The Bertz CT molecular complexity index is 818. The third-order valence-electron chi connectivity index (χ3n) is 3.78. The lowest BCUT2D eigenvalue weighted by Gasteiger charge is -2.16. The molecule has 0 saturated carbocycles. The topological polar surface area (TPSA) is 79.2 Å². The molecule has 0 atom stereocenters. The predicted octanol–water partition coefficient (Wildman–Crippen LogP) is 3.79. The van der Waals surface area contributed by atoms with E-state index >= 15 is 0 Å². The van der Waals surface area contributed by atoms with Crippen molar-refractivity contribution in [2.45, 2.75) is 26.7 Å². The van der Waals surface area contributed by atoms with Crippen molar-refractivity contribution in [1.29, 1.82) is 5.26 Å². The van der Waals surface area contributed by atoms with Gasteiger partial charge in [0.05, 0.1) is 17.2 Å². The van der Waals surface area contributed by atoms with E-state index in [9.17, 15) is 9.59 Å². The summed E-state index contributed by atoms with van der Waals surface area (Å²) in [6.45, 7) is 5.65. The maximum absolute atomic E-state index is 12.1. The maximum atomic E-state index is 12.1. The molecule has 0 aliphatic heterocycles. The van der Waals surface area contributed by atoms with Crippen LogP contribution < -0.4 is 5.32 Å². The molecule has 1 amide bonds. The fourth-order valence-electron chi connectivity index (χ4n) is 2.41. The van der Waals surface area contributed by atoms with Crippen molar-refractivity contribution in [3.8, 4) is 6.07 Å². The molecule has 0 fully saturated rings. The van der Waals surface area contributed by atoms with E-state index in [2.05, 4.69) is 19.2 Å². The molecule has 0 bridgehead atoms. The van der Waals surface area contributed by atoms with Gasteiger partial charge in [0.1, 0.15) is 0 Å². The number of aryl methyl sites for hydroxylation is 1. The van der Waals surface area contributed by atoms with Crippen molar-refractivity contribution in [3.63, 3.8) is 0 Å². The predicted molar refractivity (Wildman–Crippen MR) is 95.3 cm³/mol. The van der Waals surface area contributed by atoms with E-state index in [0.29, 0.717) is 11.1 Å². The molecule has 0 saturated heterocycles. The van der Waals surface area contributed by atoms with Crippen molar-refractivity contribution < 1.29 is 14.3 Å². The number of esters is 1. The van der Waals surface area contributed by atoms with Crippen LogP contribution in [0.25, 0.3) is 0 Å². The Labute approximate surface area is 147 Å². The summed E-state index contributed by atoms with van der Waals surface area (Å²) >= 11 is 0. The molecule has 2 aromatic rings. The average Bonchev–Trinajstić information content (AvgIpc) is 2.61. The lowest BCUT2D eigenvalue weighted by atomic mass is 9.98. The zero-order valence-corrected chi connectivity index (χ0v) is 14.5. The second kappa shape index (κ2) is 8.11. The number of hydrogen-bond acceptors (Lipinski definition) is 4. The molecular formula is C20H20N2O3. The molecule has 0 heterocycles. The van der Waals surface area contributed by atoms with E-state index in [1.54, 1.807) is 0 Å². The number of carbonyl (C=O) groups excluding carboxylic acids is 2. The molecule has 25 heavy (non-hydrogen) atoms. The summed E-state index contributed by atoms with van der Waals surface area (Å²) in [5, 5.41) is 11.6. The molecule has 0 radical (unpaired) electrons. The van der Waals surface area contributed by atoms with E-state index in [4.69, 9.17) is 10.00 Å². The summed E-state index contributed by atoms with van der Waals surface area (Å²) in [4.78, 5) is 24.1. The van der Waals surface area contributed by atoms with Gasteiger partial charge in [-0.3, -0.25) is 4.79 Å². The first-order valence-corrected chi connectivity index (χ1v) is 7.99. The quantitative estimate of drug-likeness (QED) is 0.843.